The van der Waals surface area contributed by atoms with Gasteiger partial charge in [-0.05, 0) is 25.0 Å². The molecule has 1 atom stereocenters. The van der Waals surface area contributed by atoms with Crippen molar-refractivity contribution in [2.75, 3.05) is 5.43 Å². The van der Waals surface area contributed by atoms with Gasteiger partial charge in [0.15, 0.2) is 0 Å². The normalized spacial score (nSPS) is 11.8. The van der Waals surface area contributed by atoms with Gasteiger partial charge in [-0.25, -0.2) is 0 Å². The molecule has 1 aromatic heterocycles. The standard InChI is InChI=1S/C16H20N4O/c1-3-14(12-7-5-4-6-8-12)19-16(21)13-10-18-11(2)9-15(13)20-17/h4-10,14H,3,17H2,1-2H3,(H,18,20)(H,19,21). The number of nitrogen functional groups attached to an aromatic ring is 1. The highest BCUT2D eigenvalue weighted by atomic mass is 16.1. The SMILES string of the molecule is CCC(NC(=O)c1cnc(C)cc1NN)c1ccccc1. The fourth-order valence-corrected chi connectivity index (χ4v) is 2.20. The Kier molecular flexibility index (Phi) is 4.90. The van der Waals surface area contributed by atoms with E-state index in [1.807, 2.05) is 44.2 Å². The number of amides is 1. The summed E-state index contributed by atoms with van der Waals surface area (Å²) >= 11 is 0. The van der Waals surface area contributed by atoms with Crippen molar-refractivity contribution >= 4 is 11.6 Å². The predicted molar refractivity (Wildman–Crippen MR) is 83.7 cm³/mol. The summed E-state index contributed by atoms with van der Waals surface area (Å²) in [7, 11) is 0. The number of nitrogens with two attached hydrogens (primary N) is 1. The molecule has 21 heavy (non-hydrogen) atoms. The molecule has 1 amide bonds. The van der Waals surface area contributed by atoms with Gasteiger partial charge in [0.25, 0.3) is 5.91 Å². The van der Waals surface area contributed by atoms with Crippen LogP contribution in [-0.4, -0.2) is 10.9 Å². The summed E-state index contributed by atoms with van der Waals surface area (Å²) in [5, 5.41) is 3.02. The van der Waals surface area contributed by atoms with Crippen molar-refractivity contribution in [3.63, 3.8) is 0 Å². The lowest BCUT2D eigenvalue weighted by Crippen LogP contribution is -2.29. The number of carbonyl (C=O) groups is 1. The Morgan fingerprint density at radius 3 is 2.67 bits per heavy atom. The van der Waals surface area contributed by atoms with Crippen molar-refractivity contribution in [1.82, 2.24) is 10.3 Å². The van der Waals surface area contributed by atoms with Crippen LogP contribution >= 0.6 is 0 Å². The lowest BCUT2D eigenvalue weighted by atomic mass is 10.0. The van der Waals surface area contributed by atoms with Gasteiger partial charge in [-0.15, -0.1) is 0 Å². The molecular formula is C16H20N4O. The summed E-state index contributed by atoms with van der Waals surface area (Å²) in [5.41, 5.74) is 5.44. The van der Waals surface area contributed by atoms with Crippen LogP contribution in [0.1, 0.15) is 41.0 Å². The van der Waals surface area contributed by atoms with E-state index in [-0.39, 0.29) is 11.9 Å². The Bertz CT molecular complexity index is 613. The third-order valence-corrected chi connectivity index (χ3v) is 3.36. The number of nitrogens with one attached hydrogen (secondary N) is 2. The summed E-state index contributed by atoms with van der Waals surface area (Å²) in [6.07, 6.45) is 2.35. The molecule has 0 saturated heterocycles. The van der Waals surface area contributed by atoms with Crippen molar-refractivity contribution in [1.29, 1.82) is 0 Å². The van der Waals surface area contributed by atoms with Gasteiger partial charge in [0.1, 0.15) is 0 Å². The van der Waals surface area contributed by atoms with Crippen LogP contribution in [0.4, 0.5) is 5.69 Å². The molecule has 0 fully saturated rings. The number of anilines is 1. The second-order valence-corrected chi connectivity index (χ2v) is 4.86. The minimum atomic E-state index is -0.189. The first kappa shape index (κ1) is 15.0. The summed E-state index contributed by atoms with van der Waals surface area (Å²) in [6.45, 7) is 3.88. The van der Waals surface area contributed by atoms with Gasteiger partial charge in [-0.1, -0.05) is 37.3 Å². The van der Waals surface area contributed by atoms with Crippen LogP contribution in [-0.2, 0) is 0 Å². The van der Waals surface area contributed by atoms with Crippen molar-refractivity contribution < 1.29 is 4.79 Å². The smallest absolute Gasteiger partial charge is 0.255 e. The van der Waals surface area contributed by atoms with E-state index in [1.54, 1.807) is 6.07 Å². The fourth-order valence-electron chi connectivity index (χ4n) is 2.20. The largest absolute Gasteiger partial charge is 0.345 e. The van der Waals surface area contributed by atoms with Gasteiger partial charge in [0, 0.05) is 11.9 Å². The highest BCUT2D eigenvalue weighted by Gasteiger charge is 2.17. The number of carbonyl (C=O) groups excluding carboxylic acids is 1. The zero-order valence-corrected chi connectivity index (χ0v) is 12.3. The fraction of sp³-hybridized carbons (Fsp3) is 0.250. The third-order valence-electron chi connectivity index (χ3n) is 3.36. The molecule has 2 rings (SSSR count). The van der Waals surface area contributed by atoms with E-state index in [2.05, 4.69) is 15.7 Å². The highest BCUT2D eigenvalue weighted by Crippen LogP contribution is 2.19. The monoisotopic (exact) mass is 284 g/mol. The van der Waals surface area contributed by atoms with Crippen molar-refractivity contribution in [3.05, 3.63) is 59.4 Å². The van der Waals surface area contributed by atoms with Gasteiger partial charge in [0.2, 0.25) is 0 Å². The molecule has 0 bridgehead atoms. The number of hydrogen-bond acceptors (Lipinski definition) is 4. The zero-order valence-electron chi connectivity index (χ0n) is 12.3. The van der Waals surface area contributed by atoms with Gasteiger partial charge >= 0.3 is 0 Å². The molecule has 5 heteroatoms. The minimum Gasteiger partial charge on any atom is -0.345 e. The number of pyridine rings is 1. The minimum absolute atomic E-state index is 0.0365. The number of benzene rings is 1. The van der Waals surface area contributed by atoms with Crippen LogP contribution in [0.15, 0.2) is 42.6 Å². The third kappa shape index (κ3) is 3.58. The van der Waals surface area contributed by atoms with Crippen LogP contribution < -0.4 is 16.6 Å². The van der Waals surface area contributed by atoms with Crippen LogP contribution in [0.2, 0.25) is 0 Å². The summed E-state index contributed by atoms with van der Waals surface area (Å²) < 4.78 is 0. The highest BCUT2D eigenvalue weighted by molar-refractivity contribution is 5.99. The summed E-state index contributed by atoms with van der Waals surface area (Å²) in [5.74, 6) is 5.29. The molecule has 4 N–H and O–H groups in total. The van der Waals surface area contributed by atoms with E-state index in [0.29, 0.717) is 11.3 Å². The number of aromatic nitrogens is 1. The molecule has 2 aromatic rings. The van der Waals surface area contributed by atoms with Crippen LogP contribution in [0.5, 0.6) is 0 Å². The molecule has 0 spiro atoms. The predicted octanol–water partition coefficient (Wildman–Crippen LogP) is 2.56. The Hall–Kier alpha value is -2.40. The second-order valence-electron chi connectivity index (χ2n) is 4.86. The molecule has 1 heterocycles. The Morgan fingerprint density at radius 1 is 1.33 bits per heavy atom. The molecule has 1 unspecified atom stereocenters. The number of rotatable bonds is 5. The molecule has 110 valence electrons. The molecule has 5 nitrogen and oxygen atoms in total. The molecular weight excluding hydrogens is 264 g/mol. The Balaban J connectivity index is 2.21. The van der Waals surface area contributed by atoms with Crippen LogP contribution in [0.3, 0.4) is 0 Å². The van der Waals surface area contributed by atoms with Gasteiger partial charge < -0.3 is 10.7 Å². The maximum Gasteiger partial charge on any atom is 0.255 e. The zero-order chi connectivity index (χ0) is 15.2. The lowest BCUT2D eigenvalue weighted by molar-refractivity contribution is 0.0936. The van der Waals surface area contributed by atoms with Crippen molar-refractivity contribution in [2.45, 2.75) is 26.3 Å². The molecule has 0 aliphatic heterocycles. The average molecular weight is 284 g/mol. The van der Waals surface area contributed by atoms with Crippen LogP contribution in [0.25, 0.3) is 0 Å². The molecule has 1 aromatic carbocycles. The first-order chi connectivity index (χ1) is 10.2. The summed E-state index contributed by atoms with van der Waals surface area (Å²) in [4.78, 5) is 16.6. The first-order valence-electron chi connectivity index (χ1n) is 6.94. The quantitative estimate of drug-likeness (QED) is 0.582. The van der Waals surface area contributed by atoms with E-state index in [9.17, 15) is 4.79 Å². The molecule has 0 radical (unpaired) electrons. The van der Waals surface area contributed by atoms with Gasteiger partial charge in [0.05, 0.1) is 17.3 Å². The van der Waals surface area contributed by atoms with Crippen molar-refractivity contribution in [2.24, 2.45) is 5.84 Å². The summed E-state index contributed by atoms with van der Waals surface area (Å²) in [6, 6.07) is 11.6. The van der Waals surface area contributed by atoms with Crippen molar-refractivity contribution in [3.8, 4) is 0 Å². The van der Waals surface area contributed by atoms with E-state index < -0.39 is 0 Å². The topological polar surface area (TPSA) is 80.0 Å². The van der Waals surface area contributed by atoms with E-state index >= 15 is 0 Å². The number of nitrogens with zero attached hydrogens (tertiary/aromatic N) is 1. The Morgan fingerprint density at radius 2 is 2.05 bits per heavy atom. The number of hydrazine groups is 1. The van der Waals surface area contributed by atoms with Gasteiger partial charge in [-0.2, -0.15) is 0 Å². The number of aryl methyl sites for hydroxylation is 1. The maximum absolute atomic E-state index is 12.4. The van der Waals surface area contributed by atoms with E-state index in [4.69, 9.17) is 5.84 Å². The molecule has 0 saturated carbocycles. The van der Waals surface area contributed by atoms with E-state index in [1.165, 1.54) is 6.20 Å². The second kappa shape index (κ2) is 6.85. The lowest BCUT2D eigenvalue weighted by Gasteiger charge is -2.18. The number of hydrogen-bond donors (Lipinski definition) is 3. The maximum atomic E-state index is 12.4. The van der Waals surface area contributed by atoms with E-state index in [0.717, 1.165) is 17.7 Å². The van der Waals surface area contributed by atoms with Gasteiger partial charge in [-0.3, -0.25) is 15.6 Å². The van der Waals surface area contributed by atoms with Crippen LogP contribution in [0, 0.1) is 6.92 Å². The first-order valence-corrected chi connectivity index (χ1v) is 6.94. The Labute approximate surface area is 124 Å². The molecule has 0 aliphatic rings. The average Bonchev–Trinajstić information content (AvgIpc) is 2.53. The molecule has 0 aliphatic carbocycles.